The molecule has 0 aliphatic carbocycles. The predicted molar refractivity (Wildman–Crippen MR) is 82.4 cm³/mol. The summed E-state index contributed by atoms with van der Waals surface area (Å²) in [6.45, 7) is 13.2. The van der Waals surface area contributed by atoms with Crippen LogP contribution in [-0.2, 0) is 0 Å². The Morgan fingerprint density at radius 1 is 1.21 bits per heavy atom. The lowest BCUT2D eigenvalue weighted by molar-refractivity contribution is 0.0363. The molecule has 0 aromatic heterocycles. The predicted octanol–water partition coefficient (Wildman–Crippen LogP) is 3.75. The molecule has 0 saturated carbocycles. The van der Waals surface area contributed by atoms with E-state index in [1.54, 1.807) is 0 Å². The summed E-state index contributed by atoms with van der Waals surface area (Å²) in [5.74, 6) is 0.508. The van der Waals surface area contributed by atoms with E-state index in [0.29, 0.717) is 12.5 Å². The first kappa shape index (κ1) is 16.2. The van der Waals surface area contributed by atoms with Crippen molar-refractivity contribution in [1.29, 1.82) is 0 Å². The fraction of sp³-hybridized carbons (Fsp3) is 0.647. The second-order valence-corrected chi connectivity index (χ2v) is 6.56. The summed E-state index contributed by atoms with van der Waals surface area (Å²) in [5.41, 5.74) is 3.27. The van der Waals surface area contributed by atoms with Crippen molar-refractivity contribution >= 4 is 0 Å². The lowest BCUT2D eigenvalue weighted by Crippen LogP contribution is -2.40. The quantitative estimate of drug-likeness (QED) is 0.819. The molecule has 0 spiro atoms. The highest BCUT2D eigenvalue weighted by Gasteiger charge is 2.22. The van der Waals surface area contributed by atoms with Crippen molar-refractivity contribution in [2.24, 2.45) is 5.92 Å². The van der Waals surface area contributed by atoms with Gasteiger partial charge in [-0.2, -0.15) is 0 Å². The fourth-order valence-electron chi connectivity index (χ4n) is 2.75. The molecule has 108 valence electrons. The highest BCUT2D eigenvalue weighted by atomic mass is 16.3. The molecule has 0 fully saturated rings. The Bertz CT molecular complexity index is 410. The van der Waals surface area contributed by atoms with Crippen molar-refractivity contribution in [2.45, 2.75) is 59.6 Å². The first-order valence-corrected chi connectivity index (χ1v) is 7.24. The molecular formula is C17H29NO. The molecule has 0 bridgehead atoms. The Hall–Kier alpha value is -0.860. The number of benzene rings is 1. The van der Waals surface area contributed by atoms with Crippen LogP contribution in [0.3, 0.4) is 0 Å². The zero-order chi connectivity index (χ0) is 14.6. The Morgan fingerprint density at radius 3 is 2.37 bits per heavy atom. The number of rotatable bonds is 6. The monoisotopic (exact) mass is 263 g/mol. The number of nitrogens with one attached hydrogen (secondary N) is 1. The third-order valence-corrected chi connectivity index (χ3v) is 3.53. The molecule has 2 unspecified atom stereocenters. The summed E-state index contributed by atoms with van der Waals surface area (Å²) < 4.78 is 0. The summed E-state index contributed by atoms with van der Waals surface area (Å²) in [6, 6.07) is 6.80. The average Bonchev–Trinajstić information content (AvgIpc) is 2.24. The maximum absolute atomic E-state index is 10.3. The van der Waals surface area contributed by atoms with Gasteiger partial charge in [0.05, 0.1) is 5.60 Å². The summed E-state index contributed by atoms with van der Waals surface area (Å²) in [7, 11) is 0. The van der Waals surface area contributed by atoms with Crippen LogP contribution in [0.4, 0.5) is 0 Å². The van der Waals surface area contributed by atoms with Crippen molar-refractivity contribution in [3.8, 4) is 0 Å². The Morgan fingerprint density at radius 2 is 1.84 bits per heavy atom. The van der Waals surface area contributed by atoms with E-state index < -0.39 is 5.60 Å². The lowest BCUT2D eigenvalue weighted by atomic mass is 9.93. The van der Waals surface area contributed by atoms with Gasteiger partial charge in [-0.15, -0.1) is 0 Å². The third kappa shape index (κ3) is 5.33. The molecule has 2 heteroatoms. The van der Waals surface area contributed by atoms with Gasteiger partial charge in [-0.25, -0.2) is 0 Å². The minimum atomic E-state index is -0.638. The molecule has 0 aliphatic rings. The van der Waals surface area contributed by atoms with Crippen molar-refractivity contribution < 1.29 is 5.11 Å². The molecule has 2 N–H and O–H groups in total. The summed E-state index contributed by atoms with van der Waals surface area (Å²) in [5, 5.41) is 13.8. The molecule has 2 nitrogen and oxygen atoms in total. The summed E-state index contributed by atoms with van der Waals surface area (Å²) in [4.78, 5) is 0. The van der Waals surface area contributed by atoms with Crippen molar-refractivity contribution in [1.82, 2.24) is 5.32 Å². The van der Waals surface area contributed by atoms with Crippen molar-refractivity contribution in [3.63, 3.8) is 0 Å². The van der Waals surface area contributed by atoms with Gasteiger partial charge in [-0.1, -0.05) is 37.6 Å². The standard InChI is InChI=1S/C17H29NO/c1-12(2)10-17(6,19)11-18-15(5)16-8-7-13(3)9-14(16)4/h7-9,12,15,18-19H,10-11H2,1-6H3. The van der Waals surface area contributed by atoms with E-state index in [1.807, 2.05) is 6.92 Å². The number of hydrogen-bond acceptors (Lipinski definition) is 2. The highest BCUT2D eigenvalue weighted by Crippen LogP contribution is 2.21. The van der Waals surface area contributed by atoms with Gasteiger partial charge in [0.15, 0.2) is 0 Å². The first-order valence-electron chi connectivity index (χ1n) is 7.24. The second kappa shape index (κ2) is 6.53. The SMILES string of the molecule is Cc1ccc(C(C)NCC(C)(O)CC(C)C)c(C)c1. The molecule has 1 aromatic carbocycles. The van der Waals surface area contributed by atoms with Crippen LogP contribution in [0.1, 0.15) is 56.8 Å². The van der Waals surface area contributed by atoms with E-state index in [0.717, 1.165) is 6.42 Å². The number of aryl methyl sites for hydroxylation is 2. The van der Waals surface area contributed by atoms with E-state index in [4.69, 9.17) is 0 Å². The van der Waals surface area contributed by atoms with Crippen molar-refractivity contribution in [2.75, 3.05) is 6.54 Å². The molecule has 0 saturated heterocycles. The van der Waals surface area contributed by atoms with E-state index in [-0.39, 0.29) is 6.04 Å². The molecule has 0 radical (unpaired) electrons. The van der Waals surface area contributed by atoms with E-state index in [9.17, 15) is 5.11 Å². The van der Waals surface area contributed by atoms with Crippen LogP contribution in [0, 0.1) is 19.8 Å². The van der Waals surface area contributed by atoms with Gasteiger partial charge >= 0.3 is 0 Å². The zero-order valence-electron chi connectivity index (χ0n) is 13.2. The van der Waals surface area contributed by atoms with Crippen LogP contribution < -0.4 is 5.32 Å². The second-order valence-electron chi connectivity index (χ2n) is 6.56. The molecule has 0 amide bonds. The van der Waals surface area contributed by atoms with Crippen LogP contribution in [0.25, 0.3) is 0 Å². The summed E-state index contributed by atoms with van der Waals surface area (Å²) >= 11 is 0. The topological polar surface area (TPSA) is 32.3 Å². The van der Waals surface area contributed by atoms with Crippen LogP contribution in [0.15, 0.2) is 18.2 Å². The normalized spacial score (nSPS) is 16.4. The van der Waals surface area contributed by atoms with Crippen LogP contribution in [0.2, 0.25) is 0 Å². The summed E-state index contributed by atoms with van der Waals surface area (Å²) in [6.07, 6.45) is 0.819. The van der Waals surface area contributed by atoms with Crippen LogP contribution in [0.5, 0.6) is 0 Å². The molecular weight excluding hydrogens is 234 g/mol. The molecule has 0 heterocycles. The smallest absolute Gasteiger partial charge is 0.0746 e. The fourth-order valence-corrected chi connectivity index (χ4v) is 2.75. The minimum absolute atomic E-state index is 0.263. The van der Waals surface area contributed by atoms with Gasteiger partial charge in [-0.05, 0) is 51.2 Å². The molecule has 1 rings (SSSR count). The Labute approximate surface area is 118 Å². The van der Waals surface area contributed by atoms with Gasteiger partial charge in [0.25, 0.3) is 0 Å². The van der Waals surface area contributed by atoms with E-state index in [1.165, 1.54) is 16.7 Å². The largest absolute Gasteiger partial charge is 0.389 e. The Balaban J connectivity index is 2.62. The Kier molecular flexibility index (Phi) is 5.57. The molecule has 1 aromatic rings. The molecule has 19 heavy (non-hydrogen) atoms. The van der Waals surface area contributed by atoms with Gasteiger partial charge in [0.2, 0.25) is 0 Å². The van der Waals surface area contributed by atoms with Gasteiger partial charge in [0, 0.05) is 12.6 Å². The minimum Gasteiger partial charge on any atom is -0.389 e. The maximum Gasteiger partial charge on any atom is 0.0746 e. The highest BCUT2D eigenvalue weighted by molar-refractivity contribution is 5.32. The van der Waals surface area contributed by atoms with Gasteiger partial charge < -0.3 is 10.4 Å². The van der Waals surface area contributed by atoms with Gasteiger partial charge in [0.1, 0.15) is 0 Å². The average molecular weight is 263 g/mol. The van der Waals surface area contributed by atoms with Crippen LogP contribution >= 0.6 is 0 Å². The van der Waals surface area contributed by atoms with Gasteiger partial charge in [-0.3, -0.25) is 0 Å². The first-order chi connectivity index (χ1) is 8.71. The maximum atomic E-state index is 10.3. The third-order valence-electron chi connectivity index (χ3n) is 3.53. The lowest BCUT2D eigenvalue weighted by Gasteiger charge is -2.28. The van der Waals surface area contributed by atoms with Crippen LogP contribution in [-0.4, -0.2) is 17.3 Å². The van der Waals surface area contributed by atoms with E-state index in [2.05, 4.69) is 58.1 Å². The molecule has 2 atom stereocenters. The number of aliphatic hydroxyl groups is 1. The zero-order valence-corrected chi connectivity index (χ0v) is 13.2. The van der Waals surface area contributed by atoms with E-state index >= 15 is 0 Å². The molecule has 0 aliphatic heterocycles. The number of hydrogen-bond donors (Lipinski definition) is 2. The van der Waals surface area contributed by atoms with Crippen molar-refractivity contribution in [3.05, 3.63) is 34.9 Å².